The number of ether oxygens (including phenoxy) is 2. The molecule has 3 heterocycles. The van der Waals surface area contributed by atoms with Gasteiger partial charge in [-0.2, -0.15) is 5.10 Å². The summed E-state index contributed by atoms with van der Waals surface area (Å²) < 4.78 is 13.0. The quantitative estimate of drug-likeness (QED) is 0.803. The lowest BCUT2D eigenvalue weighted by molar-refractivity contribution is -0.00720. The van der Waals surface area contributed by atoms with E-state index in [9.17, 15) is 4.79 Å². The topological polar surface area (TPSA) is 59.8 Å². The van der Waals surface area contributed by atoms with Gasteiger partial charge in [0.1, 0.15) is 5.69 Å². The lowest BCUT2D eigenvalue weighted by atomic mass is 9.98. The summed E-state index contributed by atoms with van der Waals surface area (Å²) in [6.45, 7) is 12.0. The molecule has 0 aromatic carbocycles. The van der Waals surface area contributed by atoms with Crippen LogP contribution in [0.2, 0.25) is 0 Å². The van der Waals surface area contributed by atoms with Gasteiger partial charge in [-0.25, -0.2) is 0 Å². The van der Waals surface area contributed by atoms with Gasteiger partial charge in [-0.15, -0.1) is 0 Å². The van der Waals surface area contributed by atoms with Crippen molar-refractivity contribution < 1.29 is 14.3 Å². The van der Waals surface area contributed by atoms with Crippen LogP contribution in [-0.2, 0) is 22.4 Å². The Morgan fingerprint density at radius 1 is 1.30 bits per heavy atom. The number of rotatable bonds is 4. The average molecular weight is 379 g/mol. The highest BCUT2D eigenvalue weighted by Crippen LogP contribution is 2.32. The minimum Gasteiger partial charge on any atom is -0.383 e. The van der Waals surface area contributed by atoms with Gasteiger partial charge in [0.25, 0.3) is 5.91 Å². The normalized spacial score (nSPS) is 25.9. The lowest BCUT2D eigenvalue weighted by Gasteiger charge is -2.32. The second-order valence-electron chi connectivity index (χ2n) is 8.50. The third kappa shape index (κ3) is 4.05. The predicted octanol–water partition coefficient (Wildman–Crippen LogP) is 2.11. The van der Waals surface area contributed by atoms with Gasteiger partial charge in [0, 0.05) is 44.3 Å². The van der Waals surface area contributed by atoms with Crippen LogP contribution in [0.25, 0.3) is 0 Å². The van der Waals surface area contributed by atoms with E-state index in [0.717, 1.165) is 49.4 Å². The Kier molecular flexibility index (Phi) is 5.93. The monoisotopic (exact) mass is 378 g/mol. The third-order valence-corrected chi connectivity index (χ3v) is 6.12. The van der Waals surface area contributed by atoms with Gasteiger partial charge in [0.15, 0.2) is 0 Å². The van der Waals surface area contributed by atoms with Crippen molar-refractivity contribution in [1.82, 2.24) is 19.6 Å². The molecule has 0 aliphatic carbocycles. The molecule has 2 aliphatic rings. The summed E-state index contributed by atoms with van der Waals surface area (Å²) in [5.74, 6) is 0.0900. The first-order valence-electron chi connectivity index (χ1n) is 9.99. The van der Waals surface area contributed by atoms with Gasteiger partial charge in [0.05, 0.1) is 31.1 Å². The zero-order chi connectivity index (χ0) is 19.8. The molecule has 0 unspecified atom stereocenters. The van der Waals surface area contributed by atoms with Crippen molar-refractivity contribution in [2.24, 2.45) is 0 Å². The summed E-state index contributed by atoms with van der Waals surface area (Å²) >= 11 is 0. The Morgan fingerprint density at radius 3 is 2.74 bits per heavy atom. The molecule has 27 heavy (non-hydrogen) atoms. The molecule has 0 bridgehead atoms. The average Bonchev–Trinajstić information content (AvgIpc) is 2.90. The molecular formula is C20H34N4O3. The number of likely N-dealkylation sites (N-methyl/N-ethyl adjacent to an activating group) is 1. The molecule has 0 saturated carbocycles. The second kappa shape index (κ2) is 7.89. The molecule has 2 atom stereocenters. The van der Waals surface area contributed by atoms with Crippen LogP contribution in [-0.4, -0.2) is 77.5 Å². The number of amides is 1. The molecule has 0 N–H and O–H groups in total. The SMILES string of the molecule is COCCn1nc2c(c1C(=O)N1CCN(C)C(C)(C)CC1)C[C@H](C)O[C@@H]2C. The van der Waals surface area contributed by atoms with E-state index in [1.165, 1.54) is 0 Å². The lowest BCUT2D eigenvalue weighted by Crippen LogP contribution is -2.41. The van der Waals surface area contributed by atoms with E-state index < -0.39 is 0 Å². The second-order valence-corrected chi connectivity index (χ2v) is 8.50. The van der Waals surface area contributed by atoms with Gasteiger partial charge in [-0.3, -0.25) is 14.4 Å². The Bertz CT molecular complexity index is 685. The minimum atomic E-state index is -0.0895. The van der Waals surface area contributed by atoms with Crippen LogP contribution < -0.4 is 0 Å². The van der Waals surface area contributed by atoms with E-state index in [1.54, 1.807) is 7.11 Å². The molecule has 0 radical (unpaired) electrons. The van der Waals surface area contributed by atoms with Gasteiger partial charge in [0.2, 0.25) is 0 Å². The van der Waals surface area contributed by atoms with Crippen LogP contribution >= 0.6 is 0 Å². The van der Waals surface area contributed by atoms with E-state index in [4.69, 9.17) is 14.6 Å². The largest absolute Gasteiger partial charge is 0.383 e. The number of aromatic nitrogens is 2. The van der Waals surface area contributed by atoms with Crippen LogP contribution in [0.1, 0.15) is 62.0 Å². The fourth-order valence-corrected chi connectivity index (χ4v) is 4.01. The summed E-state index contributed by atoms with van der Waals surface area (Å²) in [6.07, 6.45) is 1.69. The number of carbonyl (C=O) groups excluding carboxylic acids is 1. The van der Waals surface area contributed by atoms with Crippen molar-refractivity contribution in [3.63, 3.8) is 0 Å². The number of hydrogen-bond donors (Lipinski definition) is 0. The van der Waals surface area contributed by atoms with E-state index >= 15 is 0 Å². The fourth-order valence-electron chi connectivity index (χ4n) is 4.01. The van der Waals surface area contributed by atoms with Crippen molar-refractivity contribution in [2.75, 3.05) is 40.4 Å². The highest BCUT2D eigenvalue weighted by Gasteiger charge is 2.35. The smallest absolute Gasteiger partial charge is 0.272 e. The van der Waals surface area contributed by atoms with Crippen molar-refractivity contribution in [3.05, 3.63) is 17.0 Å². The molecular weight excluding hydrogens is 344 g/mol. The third-order valence-electron chi connectivity index (χ3n) is 6.12. The van der Waals surface area contributed by atoms with Gasteiger partial charge in [-0.1, -0.05) is 0 Å². The standard InChI is InChI=1S/C20H34N4O3/c1-14-13-16-17(15(2)27-14)21-24(11-12-26-6)18(16)19(25)23-8-7-20(3,4)22(5)9-10-23/h14-15H,7-13H2,1-6H3/t14-,15+/m0/s1. The molecule has 0 spiro atoms. The number of nitrogens with zero attached hydrogens (tertiary/aromatic N) is 4. The van der Waals surface area contributed by atoms with Crippen LogP contribution in [0.15, 0.2) is 0 Å². The molecule has 1 amide bonds. The number of methoxy groups -OCH3 is 1. The summed E-state index contributed by atoms with van der Waals surface area (Å²) in [4.78, 5) is 17.9. The van der Waals surface area contributed by atoms with E-state index in [-0.39, 0.29) is 23.7 Å². The summed E-state index contributed by atoms with van der Waals surface area (Å²) in [6, 6.07) is 0. The predicted molar refractivity (Wildman–Crippen MR) is 104 cm³/mol. The van der Waals surface area contributed by atoms with Gasteiger partial charge in [-0.05, 0) is 41.2 Å². The Labute approximate surface area is 162 Å². The highest BCUT2D eigenvalue weighted by atomic mass is 16.5. The zero-order valence-corrected chi connectivity index (χ0v) is 17.6. The molecule has 1 aromatic heterocycles. The molecule has 7 heteroatoms. The number of hydrogen-bond acceptors (Lipinski definition) is 5. The van der Waals surface area contributed by atoms with E-state index in [2.05, 4.69) is 32.7 Å². The van der Waals surface area contributed by atoms with E-state index in [0.29, 0.717) is 13.2 Å². The molecule has 2 aliphatic heterocycles. The molecule has 1 aromatic rings. The molecule has 7 nitrogen and oxygen atoms in total. The Hall–Kier alpha value is -1.44. The fraction of sp³-hybridized carbons (Fsp3) is 0.800. The maximum atomic E-state index is 13.6. The maximum Gasteiger partial charge on any atom is 0.272 e. The van der Waals surface area contributed by atoms with Crippen molar-refractivity contribution in [3.8, 4) is 0 Å². The number of fused-ring (bicyclic) bond motifs is 1. The van der Waals surface area contributed by atoms with Gasteiger partial charge >= 0.3 is 0 Å². The zero-order valence-electron chi connectivity index (χ0n) is 17.6. The van der Waals surface area contributed by atoms with Crippen molar-refractivity contribution in [1.29, 1.82) is 0 Å². The molecule has 152 valence electrons. The Balaban J connectivity index is 1.93. The highest BCUT2D eigenvalue weighted by molar-refractivity contribution is 5.94. The van der Waals surface area contributed by atoms with Crippen LogP contribution in [0, 0.1) is 0 Å². The maximum absolute atomic E-state index is 13.6. The number of carbonyl (C=O) groups is 1. The van der Waals surface area contributed by atoms with Crippen LogP contribution in [0.5, 0.6) is 0 Å². The minimum absolute atomic E-state index is 0.0895. The molecule has 1 fully saturated rings. The Morgan fingerprint density at radius 2 is 2.04 bits per heavy atom. The van der Waals surface area contributed by atoms with Crippen LogP contribution in [0.4, 0.5) is 0 Å². The summed E-state index contributed by atoms with van der Waals surface area (Å²) in [5.41, 5.74) is 2.78. The first-order chi connectivity index (χ1) is 12.7. The molecule has 1 saturated heterocycles. The van der Waals surface area contributed by atoms with Crippen molar-refractivity contribution >= 4 is 5.91 Å². The van der Waals surface area contributed by atoms with Crippen LogP contribution in [0.3, 0.4) is 0 Å². The van der Waals surface area contributed by atoms with Gasteiger partial charge < -0.3 is 14.4 Å². The van der Waals surface area contributed by atoms with Crippen molar-refractivity contribution in [2.45, 2.75) is 64.8 Å². The summed E-state index contributed by atoms with van der Waals surface area (Å²) in [7, 11) is 3.81. The van der Waals surface area contributed by atoms with E-state index in [1.807, 2.05) is 16.5 Å². The molecule has 3 rings (SSSR count). The first kappa shape index (κ1) is 20.3. The first-order valence-corrected chi connectivity index (χ1v) is 9.99. The summed E-state index contributed by atoms with van der Waals surface area (Å²) in [5, 5.41) is 4.74.